The summed E-state index contributed by atoms with van der Waals surface area (Å²) >= 11 is 0. The van der Waals surface area contributed by atoms with Crippen molar-refractivity contribution in [2.45, 2.75) is 44.1 Å². The molecule has 2 atom stereocenters. The number of H-pyrrole nitrogens is 1. The Labute approximate surface area is 220 Å². The number of fused-ring (bicyclic) bond motifs is 1. The molecule has 204 valence electrons. The van der Waals surface area contributed by atoms with Gasteiger partial charge in [-0.3, -0.25) is 19.3 Å². The topological polar surface area (TPSA) is 56.4 Å². The van der Waals surface area contributed by atoms with Gasteiger partial charge in [0.05, 0.1) is 38.6 Å². The molecule has 0 unspecified atom stereocenters. The molecule has 3 heterocycles. The molecule has 0 radical (unpaired) electrons. The maximum absolute atomic E-state index is 13.8. The molecule has 0 bridgehead atoms. The number of benzene rings is 2. The highest BCUT2D eigenvalue weighted by Crippen LogP contribution is 2.44. The molecule has 3 aromatic rings. The maximum Gasteiger partial charge on any atom is 0.401 e. The van der Waals surface area contributed by atoms with Gasteiger partial charge in [0.1, 0.15) is 5.75 Å². The standard InChI is InChI=1S/C28H33F4N5O/c1-18-10-20-11-19(21-13-33-34-14-21)4-6-24(20)27(37(18)17-28(30,31)32)25-7-5-22(12-26(25)38-2)35-23-15-36(16-23)9-3-8-29/h4-7,11-14,18,23,27,35H,3,8-10,15-17H2,1-2H3,(H,33,34)/t18-,27+/m1/s1. The number of likely N-dealkylation sites (tertiary alicyclic amines) is 1. The Morgan fingerprint density at radius 2 is 1.89 bits per heavy atom. The summed E-state index contributed by atoms with van der Waals surface area (Å²) in [7, 11) is 1.55. The van der Waals surface area contributed by atoms with Crippen molar-refractivity contribution in [3.05, 3.63) is 65.5 Å². The Morgan fingerprint density at radius 3 is 2.58 bits per heavy atom. The second kappa shape index (κ2) is 10.9. The number of ether oxygens (including phenoxy) is 1. The number of nitrogens with zero attached hydrogens (tertiary/aromatic N) is 3. The van der Waals surface area contributed by atoms with E-state index in [4.69, 9.17) is 4.74 Å². The van der Waals surface area contributed by atoms with Gasteiger partial charge in [0, 0.05) is 54.8 Å². The van der Waals surface area contributed by atoms with Crippen LogP contribution in [0.25, 0.3) is 11.1 Å². The highest BCUT2D eigenvalue weighted by atomic mass is 19.4. The van der Waals surface area contributed by atoms with Crippen LogP contribution in [0, 0.1) is 0 Å². The molecule has 2 aliphatic heterocycles. The molecule has 5 rings (SSSR count). The van der Waals surface area contributed by atoms with Crippen molar-refractivity contribution in [2.75, 3.05) is 45.3 Å². The van der Waals surface area contributed by atoms with Crippen molar-refractivity contribution in [1.82, 2.24) is 20.0 Å². The van der Waals surface area contributed by atoms with E-state index in [2.05, 4.69) is 26.5 Å². The van der Waals surface area contributed by atoms with Gasteiger partial charge in [0.2, 0.25) is 0 Å². The third-order valence-electron chi connectivity index (χ3n) is 7.51. The number of hydrogen-bond donors (Lipinski definition) is 2. The number of rotatable bonds is 9. The van der Waals surface area contributed by atoms with Crippen LogP contribution < -0.4 is 10.1 Å². The molecule has 10 heteroatoms. The first-order valence-electron chi connectivity index (χ1n) is 12.9. The lowest BCUT2D eigenvalue weighted by Crippen LogP contribution is -2.54. The number of aromatic nitrogens is 2. The molecule has 1 saturated heterocycles. The lowest BCUT2D eigenvalue weighted by atomic mass is 9.83. The van der Waals surface area contributed by atoms with Crippen LogP contribution in [0.4, 0.5) is 23.2 Å². The van der Waals surface area contributed by atoms with Crippen molar-refractivity contribution in [3.8, 4) is 16.9 Å². The fourth-order valence-electron chi connectivity index (χ4n) is 5.70. The first-order valence-corrected chi connectivity index (χ1v) is 12.9. The van der Waals surface area contributed by atoms with E-state index in [0.717, 1.165) is 47.6 Å². The number of halogens is 4. The quantitative estimate of drug-likeness (QED) is 0.360. The van der Waals surface area contributed by atoms with Crippen molar-refractivity contribution in [3.63, 3.8) is 0 Å². The van der Waals surface area contributed by atoms with Gasteiger partial charge in [0.15, 0.2) is 0 Å². The molecule has 2 N–H and O–H groups in total. The van der Waals surface area contributed by atoms with Crippen LogP contribution in [0.15, 0.2) is 48.8 Å². The molecule has 2 aliphatic rings. The van der Waals surface area contributed by atoms with Crippen LogP contribution >= 0.6 is 0 Å². The second-order valence-electron chi connectivity index (χ2n) is 10.2. The number of nitrogens with one attached hydrogen (secondary N) is 2. The van der Waals surface area contributed by atoms with Crippen molar-refractivity contribution >= 4 is 5.69 Å². The molecule has 0 saturated carbocycles. The number of alkyl halides is 4. The summed E-state index contributed by atoms with van der Waals surface area (Å²) < 4.78 is 59.4. The fourth-order valence-corrected chi connectivity index (χ4v) is 5.70. The molecule has 2 aromatic carbocycles. The Bertz CT molecular complexity index is 1230. The van der Waals surface area contributed by atoms with Gasteiger partial charge in [-0.15, -0.1) is 0 Å². The highest BCUT2D eigenvalue weighted by Gasteiger charge is 2.41. The zero-order valence-electron chi connectivity index (χ0n) is 21.6. The van der Waals surface area contributed by atoms with E-state index in [1.54, 1.807) is 19.5 Å². The summed E-state index contributed by atoms with van der Waals surface area (Å²) in [5, 5.41) is 10.3. The zero-order chi connectivity index (χ0) is 26.9. The number of methoxy groups -OCH3 is 1. The molecule has 38 heavy (non-hydrogen) atoms. The lowest BCUT2D eigenvalue weighted by molar-refractivity contribution is -0.155. The van der Waals surface area contributed by atoms with E-state index >= 15 is 0 Å². The minimum atomic E-state index is -4.34. The van der Waals surface area contributed by atoms with Crippen LogP contribution in [0.1, 0.15) is 36.1 Å². The average Bonchev–Trinajstić information content (AvgIpc) is 3.40. The zero-order valence-corrected chi connectivity index (χ0v) is 21.6. The largest absolute Gasteiger partial charge is 0.496 e. The van der Waals surface area contributed by atoms with Crippen LogP contribution in [0.3, 0.4) is 0 Å². The number of hydrogen-bond acceptors (Lipinski definition) is 5. The van der Waals surface area contributed by atoms with Crippen LogP contribution in [-0.4, -0.2) is 78.2 Å². The molecule has 1 fully saturated rings. The van der Waals surface area contributed by atoms with Crippen LogP contribution in [0.2, 0.25) is 0 Å². The van der Waals surface area contributed by atoms with Crippen molar-refractivity contribution in [1.29, 1.82) is 0 Å². The van der Waals surface area contributed by atoms with Gasteiger partial charge >= 0.3 is 6.18 Å². The Kier molecular flexibility index (Phi) is 7.63. The van der Waals surface area contributed by atoms with E-state index in [0.29, 0.717) is 24.2 Å². The first-order chi connectivity index (χ1) is 18.3. The molecule has 6 nitrogen and oxygen atoms in total. The second-order valence-corrected chi connectivity index (χ2v) is 10.2. The Morgan fingerprint density at radius 1 is 1.11 bits per heavy atom. The van der Waals surface area contributed by atoms with Gasteiger partial charge in [-0.25, -0.2) is 0 Å². The molecule has 0 spiro atoms. The minimum Gasteiger partial charge on any atom is -0.496 e. The third kappa shape index (κ3) is 5.66. The van der Waals surface area contributed by atoms with E-state index in [9.17, 15) is 17.6 Å². The third-order valence-corrected chi connectivity index (χ3v) is 7.51. The summed E-state index contributed by atoms with van der Waals surface area (Å²) in [5.74, 6) is 0.541. The normalized spacial score (nSPS) is 20.7. The van der Waals surface area contributed by atoms with Crippen LogP contribution in [-0.2, 0) is 6.42 Å². The minimum absolute atomic E-state index is 0.240. The highest BCUT2D eigenvalue weighted by molar-refractivity contribution is 5.65. The summed E-state index contributed by atoms with van der Waals surface area (Å²) in [6.07, 6.45) is 0.246. The van der Waals surface area contributed by atoms with Gasteiger partial charge < -0.3 is 10.1 Å². The van der Waals surface area contributed by atoms with Gasteiger partial charge in [-0.2, -0.15) is 18.3 Å². The Hall–Kier alpha value is -3.11. The van der Waals surface area contributed by atoms with Crippen molar-refractivity contribution < 1.29 is 22.3 Å². The van der Waals surface area contributed by atoms with Crippen LogP contribution in [0.5, 0.6) is 5.75 Å². The molecular weight excluding hydrogens is 498 g/mol. The maximum atomic E-state index is 13.8. The van der Waals surface area contributed by atoms with Crippen molar-refractivity contribution in [2.24, 2.45) is 0 Å². The predicted octanol–water partition coefficient (Wildman–Crippen LogP) is 5.44. The smallest absolute Gasteiger partial charge is 0.401 e. The van der Waals surface area contributed by atoms with E-state index in [1.807, 2.05) is 37.3 Å². The first kappa shape index (κ1) is 26.5. The summed E-state index contributed by atoms with van der Waals surface area (Å²) in [6.45, 7) is 2.92. The molecular formula is C28H33F4N5O. The van der Waals surface area contributed by atoms with E-state index in [1.165, 1.54) is 4.90 Å². The van der Waals surface area contributed by atoms with Gasteiger partial charge in [0.25, 0.3) is 0 Å². The van der Waals surface area contributed by atoms with Gasteiger partial charge in [-0.1, -0.05) is 24.3 Å². The molecule has 0 aliphatic carbocycles. The predicted molar refractivity (Wildman–Crippen MR) is 139 cm³/mol. The monoisotopic (exact) mass is 531 g/mol. The van der Waals surface area contributed by atoms with E-state index < -0.39 is 18.8 Å². The number of aromatic amines is 1. The summed E-state index contributed by atoms with van der Waals surface area (Å²) in [4.78, 5) is 3.72. The van der Waals surface area contributed by atoms with Gasteiger partial charge in [-0.05, 0) is 42.5 Å². The summed E-state index contributed by atoms with van der Waals surface area (Å²) in [6, 6.07) is 10.9. The Balaban J connectivity index is 1.46. The number of anilines is 1. The summed E-state index contributed by atoms with van der Waals surface area (Å²) in [5.41, 5.74) is 5.32. The lowest BCUT2D eigenvalue weighted by Gasteiger charge is -2.43. The molecule has 1 aromatic heterocycles. The molecule has 0 amide bonds. The average molecular weight is 532 g/mol. The SMILES string of the molecule is COc1cc(NC2CN(CCCF)C2)ccc1[C@@H]1c2ccc(-c3cn[nH]c3)cc2C[C@@H](C)N1CC(F)(F)F. The van der Waals surface area contributed by atoms with E-state index in [-0.39, 0.29) is 18.8 Å². The fraction of sp³-hybridized carbons (Fsp3) is 0.464.